The van der Waals surface area contributed by atoms with E-state index < -0.39 is 0 Å². The summed E-state index contributed by atoms with van der Waals surface area (Å²) in [7, 11) is 0. The molecule has 0 amide bonds. The molecule has 0 saturated heterocycles. The molecule has 0 saturated carbocycles. The smallest absolute Gasteiger partial charge is 0.870 e. The molecule has 0 aliphatic rings. The SMILES string of the molecule is O.O.O.[Ag+].[OH-].[Re]. The summed E-state index contributed by atoms with van der Waals surface area (Å²) in [5, 5.41) is 0. The number of rotatable bonds is 0. The summed E-state index contributed by atoms with van der Waals surface area (Å²) >= 11 is 0. The molecule has 6 heavy (non-hydrogen) atoms. The Morgan fingerprint density at radius 1 is 0.667 bits per heavy atom. The fourth-order valence-electron chi connectivity index (χ4n) is 0. The molecule has 0 heterocycles. The van der Waals surface area contributed by atoms with E-state index in [4.69, 9.17) is 0 Å². The van der Waals surface area contributed by atoms with E-state index in [1.165, 1.54) is 0 Å². The molecule has 49 valence electrons. The fourth-order valence-corrected chi connectivity index (χ4v) is 0. The van der Waals surface area contributed by atoms with Gasteiger partial charge in [-0.15, -0.1) is 0 Å². The summed E-state index contributed by atoms with van der Waals surface area (Å²) in [5.41, 5.74) is 0. The van der Waals surface area contributed by atoms with E-state index in [-0.39, 0.29) is 64.7 Å². The van der Waals surface area contributed by atoms with Gasteiger partial charge in [-0.25, -0.2) is 0 Å². The van der Waals surface area contributed by atoms with Gasteiger partial charge < -0.3 is 21.9 Å². The Hall–Kier alpha value is 1.24. The molecule has 0 rings (SSSR count). The normalized spacial score (nSPS) is 0. The minimum Gasteiger partial charge on any atom is -0.870 e. The van der Waals surface area contributed by atoms with Gasteiger partial charge in [-0.3, -0.25) is 0 Å². The average molecular weight is 365 g/mol. The summed E-state index contributed by atoms with van der Waals surface area (Å²) in [5.74, 6) is 0. The Bertz CT molecular complexity index is 7.51. The monoisotopic (exact) mass is 365 g/mol. The van der Waals surface area contributed by atoms with Crippen molar-refractivity contribution in [3.05, 3.63) is 0 Å². The molecule has 0 bridgehead atoms. The van der Waals surface area contributed by atoms with Crippen LogP contribution in [0.2, 0.25) is 0 Å². The number of hydrogen-bond donors (Lipinski definition) is 0. The van der Waals surface area contributed by atoms with E-state index in [1.54, 1.807) is 0 Å². The maximum absolute atomic E-state index is 0. The van der Waals surface area contributed by atoms with Gasteiger partial charge in [0.15, 0.2) is 0 Å². The van der Waals surface area contributed by atoms with Gasteiger partial charge in [-0.2, -0.15) is 0 Å². The molecule has 0 atom stereocenters. The van der Waals surface area contributed by atoms with Gasteiger partial charge in [0.05, 0.1) is 0 Å². The average Bonchev–Trinajstić information content (AvgIpc) is 0. The molecule has 0 aromatic rings. The van der Waals surface area contributed by atoms with E-state index in [2.05, 4.69) is 0 Å². The van der Waals surface area contributed by atoms with E-state index in [0.717, 1.165) is 0 Å². The van der Waals surface area contributed by atoms with Crippen molar-refractivity contribution in [2.24, 2.45) is 0 Å². The minimum atomic E-state index is 0. The first kappa shape index (κ1) is 183. The van der Waals surface area contributed by atoms with Crippen molar-refractivity contribution in [3.63, 3.8) is 0 Å². The second-order valence-electron chi connectivity index (χ2n) is 0. The van der Waals surface area contributed by atoms with Crippen LogP contribution in [0, 0.1) is 0 Å². The zero-order valence-electron chi connectivity index (χ0n) is 2.63. The van der Waals surface area contributed by atoms with E-state index in [9.17, 15) is 0 Å². The Kier molecular flexibility index (Phi) is 3390. The van der Waals surface area contributed by atoms with Crippen LogP contribution < -0.4 is 0 Å². The van der Waals surface area contributed by atoms with Crippen LogP contribution in [-0.4, -0.2) is 21.9 Å². The summed E-state index contributed by atoms with van der Waals surface area (Å²) in [6, 6.07) is 0. The second kappa shape index (κ2) is 111. The van der Waals surface area contributed by atoms with Crippen LogP contribution in [-0.2, 0) is 42.8 Å². The van der Waals surface area contributed by atoms with Gasteiger partial charge in [0.25, 0.3) is 0 Å². The first-order valence-electron chi connectivity index (χ1n) is 0. The van der Waals surface area contributed by atoms with Crippen LogP contribution in [0.3, 0.4) is 0 Å². The first-order valence-corrected chi connectivity index (χ1v) is 0. The molecule has 1 radical (unpaired) electrons. The van der Waals surface area contributed by atoms with Gasteiger partial charge >= 0.3 is 22.4 Å². The van der Waals surface area contributed by atoms with Gasteiger partial charge in [-0.1, -0.05) is 0 Å². The Balaban J connectivity index is 0. The molecule has 0 spiro atoms. The van der Waals surface area contributed by atoms with E-state index in [1.807, 2.05) is 0 Å². The topological polar surface area (TPSA) is 124 Å². The van der Waals surface area contributed by atoms with Crippen molar-refractivity contribution in [1.82, 2.24) is 0 Å². The third-order valence-electron chi connectivity index (χ3n) is 0. The third-order valence-corrected chi connectivity index (χ3v) is 0. The first-order chi connectivity index (χ1) is 0. The van der Waals surface area contributed by atoms with Gasteiger partial charge in [-0.05, 0) is 0 Å². The molecular weight excluding hydrogens is 358 g/mol. The molecule has 4 nitrogen and oxygen atoms in total. The molecule has 0 aromatic heterocycles. The van der Waals surface area contributed by atoms with Crippen molar-refractivity contribution in [2.45, 2.75) is 0 Å². The molecule has 0 aromatic carbocycles. The summed E-state index contributed by atoms with van der Waals surface area (Å²) < 4.78 is 0. The van der Waals surface area contributed by atoms with Crippen LogP contribution in [0.5, 0.6) is 0 Å². The Morgan fingerprint density at radius 3 is 0.667 bits per heavy atom. The van der Waals surface area contributed by atoms with E-state index in [0.29, 0.717) is 0 Å². The Morgan fingerprint density at radius 2 is 0.667 bits per heavy atom. The Labute approximate surface area is 64.7 Å². The standard InChI is InChI=1S/Ag.4H2O.Re/h;4*1H2;/q+1;;;;;/p-1. The molecule has 0 aliphatic heterocycles. The van der Waals surface area contributed by atoms with Crippen LogP contribution >= 0.6 is 0 Å². The van der Waals surface area contributed by atoms with Gasteiger partial charge in [0, 0.05) is 20.4 Å². The van der Waals surface area contributed by atoms with Crippen LogP contribution in [0.25, 0.3) is 0 Å². The van der Waals surface area contributed by atoms with E-state index >= 15 is 0 Å². The minimum absolute atomic E-state index is 0. The third kappa shape index (κ3) is 61.1. The van der Waals surface area contributed by atoms with Crippen LogP contribution in [0.15, 0.2) is 0 Å². The van der Waals surface area contributed by atoms with Crippen molar-refractivity contribution < 1.29 is 64.7 Å². The van der Waals surface area contributed by atoms with Crippen molar-refractivity contribution >= 4 is 0 Å². The van der Waals surface area contributed by atoms with Gasteiger partial charge in [0.2, 0.25) is 0 Å². The molecule has 6 heteroatoms. The predicted octanol–water partition coefficient (Wildman–Crippen LogP) is -2.66. The maximum atomic E-state index is 0. The van der Waals surface area contributed by atoms with Gasteiger partial charge in [0.1, 0.15) is 0 Å². The van der Waals surface area contributed by atoms with Crippen molar-refractivity contribution in [2.75, 3.05) is 0 Å². The summed E-state index contributed by atoms with van der Waals surface area (Å²) in [6.45, 7) is 0. The molecule has 0 aliphatic carbocycles. The van der Waals surface area contributed by atoms with Crippen molar-refractivity contribution in [1.29, 1.82) is 0 Å². The predicted molar refractivity (Wildman–Crippen MR) is 12.8 cm³/mol. The molecule has 7 N–H and O–H groups in total. The zero-order valence-corrected chi connectivity index (χ0v) is 6.82. The zero-order chi connectivity index (χ0) is 0. The largest absolute Gasteiger partial charge is 1.00 e. The number of hydrogen-bond acceptors (Lipinski definition) is 1. The second-order valence-corrected chi connectivity index (χ2v) is 0. The molecular formula is H7AgO4Re. The quantitative estimate of drug-likeness (QED) is 0.427. The fraction of sp³-hybridized carbons (Fsp3) is 0. The molecule has 0 unspecified atom stereocenters. The summed E-state index contributed by atoms with van der Waals surface area (Å²) in [6.07, 6.45) is 0. The maximum Gasteiger partial charge on any atom is 1.00 e. The van der Waals surface area contributed by atoms with Crippen LogP contribution in [0.4, 0.5) is 0 Å². The van der Waals surface area contributed by atoms with Crippen molar-refractivity contribution in [3.8, 4) is 0 Å². The molecule has 0 fully saturated rings. The summed E-state index contributed by atoms with van der Waals surface area (Å²) in [4.78, 5) is 0. The van der Waals surface area contributed by atoms with Crippen LogP contribution in [0.1, 0.15) is 0 Å².